The van der Waals surface area contributed by atoms with Gasteiger partial charge >= 0.3 is 19.8 Å². The Morgan fingerprint density at radius 1 is 0.475 bits per heavy atom. The zero-order chi connectivity index (χ0) is 44.6. The molecule has 0 amide bonds. The van der Waals surface area contributed by atoms with Crippen LogP contribution in [0.15, 0.2) is 24.3 Å². The van der Waals surface area contributed by atoms with Crippen LogP contribution in [0.2, 0.25) is 0 Å². The third-order valence-electron chi connectivity index (χ3n) is 11.3. The Morgan fingerprint density at radius 2 is 0.820 bits per heavy atom. The van der Waals surface area contributed by atoms with Crippen molar-refractivity contribution >= 4 is 19.8 Å². The number of esters is 2. The second kappa shape index (κ2) is 48.0. The standard InChI is InChI=1S/C51H98NO8P/c1-3-5-7-9-11-13-15-17-19-21-22-23-24-25-26-28-30-32-34-36-38-40-42-44-51(54)60-49(48-59-61(55,56)58-46-45-52)47-57-50(53)43-41-39-37-35-33-31-29-27-20-18-16-14-12-10-8-6-4-2/h14,16,36,38,49H,3-13,15,17-35,37,39-48,52H2,1-2H3,(H,55,56)/b16-14+,38-36+/t49-/m1/s1. The molecule has 0 fully saturated rings. The van der Waals surface area contributed by atoms with Crippen molar-refractivity contribution in [3.63, 3.8) is 0 Å². The maximum atomic E-state index is 12.6. The molecular weight excluding hydrogens is 786 g/mol. The van der Waals surface area contributed by atoms with E-state index in [1.807, 2.05) is 0 Å². The second-order valence-electron chi connectivity index (χ2n) is 17.4. The molecular formula is C51H98NO8P. The lowest BCUT2D eigenvalue weighted by molar-refractivity contribution is -0.161. The highest BCUT2D eigenvalue weighted by atomic mass is 31.2. The van der Waals surface area contributed by atoms with E-state index in [1.165, 1.54) is 193 Å². The van der Waals surface area contributed by atoms with Crippen LogP contribution in [0.4, 0.5) is 0 Å². The third kappa shape index (κ3) is 47.8. The van der Waals surface area contributed by atoms with Crippen LogP contribution in [0.5, 0.6) is 0 Å². The molecule has 0 aliphatic heterocycles. The molecule has 0 aromatic rings. The van der Waals surface area contributed by atoms with Gasteiger partial charge in [0.2, 0.25) is 0 Å². The number of allylic oxidation sites excluding steroid dienone is 4. The Kier molecular flexibility index (Phi) is 46.8. The first-order valence-electron chi connectivity index (χ1n) is 25.8. The number of phosphoric acid groups is 1. The molecule has 10 heteroatoms. The van der Waals surface area contributed by atoms with E-state index in [0.29, 0.717) is 6.42 Å². The lowest BCUT2D eigenvalue weighted by Gasteiger charge is -2.19. The van der Waals surface area contributed by atoms with E-state index in [0.717, 1.165) is 32.1 Å². The highest BCUT2D eigenvalue weighted by molar-refractivity contribution is 7.47. The molecule has 2 atom stereocenters. The molecule has 0 spiro atoms. The van der Waals surface area contributed by atoms with Crippen LogP contribution in [-0.2, 0) is 32.7 Å². The number of carbonyl (C=O) groups is 2. The van der Waals surface area contributed by atoms with E-state index in [9.17, 15) is 19.0 Å². The lowest BCUT2D eigenvalue weighted by Crippen LogP contribution is -2.29. The van der Waals surface area contributed by atoms with Gasteiger partial charge in [-0.05, 0) is 57.8 Å². The summed E-state index contributed by atoms with van der Waals surface area (Å²) in [5.74, 6) is -0.857. The van der Waals surface area contributed by atoms with Gasteiger partial charge in [-0.2, -0.15) is 0 Å². The SMILES string of the molecule is CCCCCC/C=C/CCCCCCCCCCCC(=O)OC[C@H](COP(=O)(O)OCCN)OC(=O)CCC/C=C/CCCCCCCCCCCCCCCCCCCC. The Morgan fingerprint density at radius 3 is 1.23 bits per heavy atom. The van der Waals surface area contributed by atoms with Crippen LogP contribution >= 0.6 is 7.82 Å². The summed E-state index contributed by atoms with van der Waals surface area (Å²) in [4.78, 5) is 35.0. The van der Waals surface area contributed by atoms with Crippen LogP contribution in [0.1, 0.15) is 258 Å². The van der Waals surface area contributed by atoms with Gasteiger partial charge in [0.25, 0.3) is 0 Å². The first kappa shape index (κ1) is 59.5. The zero-order valence-electron chi connectivity index (χ0n) is 39.9. The van der Waals surface area contributed by atoms with Gasteiger partial charge in [-0.15, -0.1) is 0 Å². The monoisotopic (exact) mass is 884 g/mol. The number of nitrogens with two attached hydrogens (primary N) is 1. The molecule has 0 rings (SSSR count). The van der Waals surface area contributed by atoms with E-state index in [-0.39, 0.29) is 38.6 Å². The molecule has 0 aliphatic carbocycles. The van der Waals surface area contributed by atoms with Gasteiger partial charge in [0.15, 0.2) is 6.10 Å². The van der Waals surface area contributed by atoms with E-state index in [4.69, 9.17) is 24.3 Å². The molecule has 1 unspecified atom stereocenters. The number of carbonyl (C=O) groups excluding carboxylic acids is 2. The van der Waals surface area contributed by atoms with Gasteiger partial charge < -0.3 is 20.1 Å². The van der Waals surface area contributed by atoms with Crippen LogP contribution < -0.4 is 5.73 Å². The maximum Gasteiger partial charge on any atom is 0.472 e. The molecule has 0 aromatic carbocycles. The van der Waals surface area contributed by atoms with Gasteiger partial charge in [-0.25, -0.2) is 4.57 Å². The number of rotatable bonds is 49. The minimum absolute atomic E-state index is 0.0509. The first-order chi connectivity index (χ1) is 29.8. The summed E-state index contributed by atoms with van der Waals surface area (Å²) in [7, 11) is -4.39. The van der Waals surface area contributed by atoms with E-state index < -0.39 is 26.5 Å². The number of hydrogen-bond acceptors (Lipinski definition) is 8. The average Bonchev–Trinajstić information content (AvgIpc) is 3.25. The summed E-state index contributed by atoms with van der Waals surface area (Å²) in [5.41, 5.74) is 5.36. The Balaban J connectivity index is 4.04. The molecule has 3 N–H and O–H groups in total. The van der Waals surface area contributed by atoms with E-state index in [1.54, 1.807) is 0 Å². The fourth-order valence-corrected chi connectivity index (χ4v) is 8.22. The number of phosphoric ester groups is 1. The summed E-state index contributed by atoms with van der Waals surface area (Å²) in [6.07, 6.45) is 53.7. The average molecular weight is 884 g/mol. The van der Waals surface area contributed by atoms with Gasteiger partial charge in [-0.1, -0.05) is 212 Å². The molecule has 0 bridgehead atoms. The van der Waals surface area contributed by atoms with Crippen LogP contribution in [-0.4, -0.2) is 49.3 Å². The predicted octanol–water partition coefficient (Wildman–Crippen LogP) is 15.5. The van der Waals surface area contributed by atoms with Crippen LogP contribution in [0.25, 0.3) is 0 Å². The van der Waals surface area contributed by atoms with E-state index in [2.05, 4.69) is 38.2 Å². The van der Waals surface area contributed by atoms with Crippen LogP contribution in [0, 0.1) is 0 Å². The van der Waals surface area contributed by atoms with Gasteiger partial charge in [-0.3, -0.25) is 18.6 Å². The Labute approximate surface area is 376 Å². The van der Waals surface area contributed by atoms with Crippen molar-refractivity contribution < 1.29 is 37.6 Å². The number of hydrogen-bond donors (Lipinski definition) is 2. The van der Waals surface area contributed by atoms with Crippen molar-refractivity contribution in [1.82, 2.24) is 0 Å². The number of ether oxygens (including phenoxy) is 2. The molecule has 0 heterocycles. The molecule has 0 aromatic heterocycles. The fourth-order valence-electron chi connectivity index (χ4n) is 7.46. The highest BCUT2D eigenvalue weighted by Crippen LogP contribution is 2.43. The molecule has 0 saturated heterocycles. The first-order valence-corrected chi connectivity index (χ1v) is 27.3. The van der Waals surface area contributed by atoms with Crippen molar-refractivity contribution in [3.05, 3.63) is 24.3 Å². The molecule has 61 heavy (non-hydrogen) atoms. The van der Waals surface area contributed by atoms with E-state index >= 15 is 0 Å². The summed E-state index contributed by atoms with van der Waals surface area (Å²) in [6.45, 7) is 3.74. The minimum atomic E-state index is -4.39. The molecule has 0 radical (unpaired) electrons. The quantitative estimate of drug-likeness (QED) is 0.0265. The van der Waals surface area contributed by atoms with Gasteiger partial charge in [0.05, 0.1) is 13.2 Å². The topological polar surface area (TPSA) is 134 Å². The summed E-state index contributed by atoms with van der Waals surface area (Å²) < 4.78 is 32.9. The minimum Gasteiger partial charge on any atom is -0.462 e. The summed E-state index contributed by atoms with van der Waals surface area (Å²) in [5, 5.41) is 0. The smallest absolute Gasteiger partial charge is 0.462 e. The normalized spacial score (nSPS) is 13.3. The maximum absolute atomic E-state index is 12.6. The molecule has 360 valence electrons. The fraction of sp³-hybridized carbons (Fsp3) is 0.882. The third-order valence-corrected chi connectivity index (χ3v) is 12.3. The lowest BCUT2D eigenvalue weighted by atomic mass is 10.0. The van der Waals surface area contributed by atoms with Crippen LogP contribution in [0.3, 0.4) is 0 Å². The Bertz CT molecular complexity index is 1050. The zero-order valence-corrected chi connectivity index (χ0v) is 40.8. The summed E-state index contributed by atoms with van der Waals surface area (Å²) in [6, 6.07) is 0. The second-order valence-corrected chi connectivity index (χ2v) is 18.8. The Hall–Kier alpha value is -1.51. The van der Waals surface area contributed by atoms with Gasteiger partial charge in [0.1, 0.15) is 6.61 Å². The van der Waals surface area contributed by atoms with Crippen molar-refractivity contribution in [2.45, 2.75) is 264 Å². The van der Waals surface area contributed by atoms with Crippen molar-refractivity contribution in [3.8, 4) is 0 Å². The largest absolute Gasteiger partial charge is 0.472 e. The molecule has 9 nitrogen and oxygen atoms in total. The molecule has 0 aliphatic rings. The summed E-state index contributed by atoms with van der Waals surface area (Å²) >= 11 is 0. The molecule has 0 saturated carbocycles. The van der Waals surface area contributed by atoms with Crippen molar-refractivity contribution in [2.24, 2.45) is 5.73 Å². The highest BCUT2D eigenvalue weighted by Gasteiger charge is 2.26. The van der Waals surface area contributed by atoms with Crippen molar-refractivity contribution in [2.75, 3.05) is 26.4 Å². The predicted molar refractivity (Wildman–Crippen MR) is 257 cm³/mol. The van der Waals surface area contributed by atoms with Crippen molar-refractivity contribution in [1.29, 1.82) is 0 Å². The number of unbranched alkanes of at least 4 members (excludes halogenated alkanes) is 32. The van der Waals surface area contributed by atoms with Gasteiger partial charge in [0, 0.05) is 19.4 Å².